The van der Waals surface area contributed by atoms with Gasteiger partial charge in [0.2, 0.25) is 5.91 Å². The van der Waals surface area contributed by atoms with Crippen LogP contribution in [0.15, 0.2) is 77.9 Å². The zero-order chi connectivity index (χ0) is 21.2. The minimum absolute atomic E-state index is 0.119. The number of hydrogen-bond acceptors (Lipinski definition) is 4. The smallest absolute Gasteiger partial charge is 0.250 e. The Morgan fingerprint density at radius 1 is 1.10 bits per heavy atom. The molecular weight excluding hydrogens is 416 g/mol. The number of halogens is 1. The van der Waals surface area contributed by atoms with Crippen LogP contribution in [0.5, 0.6) is 5.75 Å². The molecule has 0 bridgehead atoms. The quantitative estimate of drug-likeness (QED) is 0.349. The molecule has 4 nitrogen and oxygen atoms in total. The van der Waals surface area contributed by atoms with Gasteiger partial charge < -0.3 is 4.74 Å². The molecule has 0 saturated heterocycles. The lowest BCUT2D eigenvalue weighted by Gasteiger charge is -2.07. The van der Waals surface area contributed by atoms with Crippen molar-refractivity contribution in [3.63, 3.8) is 0 Å². The van der Waals surface area contributed by atoms with Crippen LogP contribution in [-0.4, -0.2) is 17.9 Å². The predicted molar refractivity (Wildman–Crippen MR) is 125 cm³/mol. The summed E-state index contributed by atoms with van der Waals surface area (Å²) in [6, 6.07) is 23.3. The molecule has 154 valence electrons. The van der Waals surface area contributed by atoms with E-state index in [0.717, 1.165) is 22.6 Å². The third-order valence-corrected chi connectivity index (χ3v) is 5.55. The molecule has 0 heterocycles. The lowest BCUT2D eigenvalue weighted by atomic mass is 10.1. The fraction of sp³-hybridized carbons (Fsp3) is 0.167. The van der Waals surface area contributed by atoms with Gasteiger partial charge in [-0.1, -0.05) is 48.0 Å². The minimum atomic E-state index is -0.119. The third-order valence-electron chi connectivity index (χ3n) is 4.33. The van der Waals surface area contributed by atoms with E-state index in [1.807, 2.05) is 60.7 Å². The van der Waals surface area contributed by atoms with E-state index in [4.69, 9.17) is 16.3 Å². The lowest BCUT2D eigenvalue weighted by Crippen LogP contribution is -2.19. The highest BCUT2D eigenvalue weighted by Crippen LogP contribution is 2.17. The van der Waals surface area contributed by atoms with Crippen molar-refractivity contribution in [2.75, 3.05) is 5.75 Å². The number of benzene rings is 3. The number of carbonyl (C=O) groups excluding carboxylic acids is 1. The SMILES string of the molecule is Cc1ccccc1CSCC(=O)N/N=C/c1ccc(OCc2cccc(Cl)c2)cc1. The molecule has 1 amide bonds. The van der Waals surface area contributed by atoms with Crippen molar-refractivity contribution in [3.8, 4) is 5.75 Å². The molecule has 0 aliphatic heterocycles. The van der Waals surface area contributed by atoms with Crippen LogP contribution < -0.4 is 10.2 Å². The van der Waals surface area contributed by atoms with Crippen LogP contribution >= 0.6 is 23.4 Å². The van der Waals surface area contributed by atoms with Gasteiger partial charge in [0.15, 0.2) is 0 Å². The number of ether oxygens (including phenoxy) is 1. The number of thioether (sulfide) groups is 1. The Bertz CT molecular complexity index is 1010. The normalized spacial score (nSPS) is 10.9. The highest BCUT2D eigenvalue weighted by molar-refractivity contribution is 7.99. The summed E-state index contributed by atoms with van der Waals surface area (Å²) in [7, 11) is 0. The van der Waals surface area contributed by atoms with Gasteiger partial charge in [-0.15, -0.1) is 11.8 Å². The van der Waals surface area contributed by atoms with E-state index in [-0.39, 0.29) is 5.91 Å². The van der Waals surface area contributed by atoms with Gasteiger partial charge in [0.25, 0.3) is 0 Å². The average molecular weight is 439 g/mol. The van der Waals surface area contributed by atoms with Crippen LogP contribution in [0.3, 0.4) is 0 Å². The molecule has 0 saturated carbocycles. The van der Waals surface area contributed by atoms with E-state index < -0.39 is 0 Å². The molecule has 3 aromatic rings. The Morgan fingerprint density at radius 3 is 2.67 bits per heavy atom. The molecule has 3 rings (SSSR count). The van der Waals surface area contributed by atoms with Crippen molar-refractivity contribution in [2.24, 2.45) is 5.10 Å². The monoisotopic (exact) mass is 438 g/mol. The largest absolute Gasteiger partial charge is 0.489 e. The van der Waals surface area contributed by atoms with Crippen LogP contribution in [0.2, 0.25) is 5.02 Å². The first kappa shape index (κ1) is 21.9. The summed E-state index contributed by atoms with van der Waals surface area (Å²) >= 11 is 7.55. The Balaban J connectivity index is 1.39. The summed E-state index contributed by atoms with van der Waals surface area (Å²) in [4.78, 5) is 11.9. The molecule has 0 atom stereocenters. The molecule has 0 unspecified atom stereocenters. The van der Waals surface area contributed by atoms with Crippen molar-refractivity contribution in [2.45, 2.75) is 19.3 Å². The molecule has 6 heteroatoms. The van der Waals surface area contributed by atoms with Crippen molar-refractivity contribution < 1.29 is 9.53 Å². The number of hydrogen-bond donors (Lipinski definition) is 1. The van der Waals surface area contributed by atoms with E-state index in [1.165, 1.54) is 11.1 Å². The van der Waals surface area contributed by atoms with Gasteiger partial charge >= 0.3 is 0 Å². The number of aryl methyl sites for hydroxylation is 1. The van der Waals surface area contributed by atoms with Gasteiger partial charge in [0.05, 0.1) is 12.0 Å². The summed E-state index contributed by atoms with van der Waals surface area (Å²) in [5.41, 5.74) is 6.93. The van der Waals surface area contributed by atoms with Gasteiger partial charge in [0.1, 0.15) is 12.4 Å². The van der Waals surface area contributed by atoms with Gasteiger partial charge in [0, 0.05) is 10.8 Å². The van der Waals surface area contributed by atoms with Crippen molar-refractivity contribution in [1.82, 2.24) is 5.43 Å². The van der Waals surface area contributed by atoms with E-state index in [1.54, 1.807) is 18.0 Å². The number of nitrogens with one attached hydrogen (secondary N) is 1. The number of amides is 1. The van der Waals surface area contributed by atoms with Crippen molar-refractivity contribution >= 4 is 35.5 Å². The molecule has 0 aliphatic rings. The van der Waals surface area contributed by atoms with Crippen LogP contribution in [0.4, 0.5) is 0 Å². The van der Waals surface area contributed by atoms with Gasteiger partial charge in [-0.3, -0.25) is 4.79 Å². The highest BCUT2D eigenvalue weighted by Gasteiger charge is 2.02. The standard InChI is InChI=1S/C24H23ClN2O2S/c1-18-5-2-3-7-21(18)16-30-17-24(28)27-26-14-19-9-11-23(12-10-19)29-15-20-6-4-8-22(25)13-20/h2-14H,15-17H2,1H3,(H,27,28)/b26-14+. The topological polar surface area (TPSA) is 50.7 Å². The maximum atomic E-state index is 11.9. The first-order valence-corrected chi connectivity index (χ1v) is 11.0. The Labute approximate surface area is 186 Å². The Kier molecular flexibility index (Phi) is 8.36. The molecule has 0 aromatic heterocycles. The zero-order valence-corrected chi connectivity index (χ0v) is 18.2. The summed E-state index contributed by atoms with van der Waals surface area (Å²) in [5, 5.41) is 4.72. The maximum Gasteiger partial charge on any atom is 0.250 e. The molecule has 0 spiro atoms. The number of carbonyl (C=O) groups is 1. The van der Waals surface area contributed by atoms with E-state index in [2.05, 4.69) is 29.6 Å². The van der Waals surface area contributed by atoms with Gasteiger partial charge in [-0.05, 0) is 65.6 Å². The summed E-state index contributed by atoms with van der Waals surface area (Å²) < 4.78 is 5.76. The molecule has 0 aliphatic carbocycles. The second-order valence-electron chi connectivity index (χ2n) is 6.70. The van der Waals surface area contributed by atoms with Crippen LogP contribution in [0, 0.1) is 6.92 Å². The second kappa shape index (κ2) is 11.4. The lowest BCUT2D eigenvalue weighted by molar-refractivity contribution is -0.118. The Morgan fingerprint density at radius 2 is 1.90 bits per heavy atom. The van der Waals surface area contributed by atoms with Crippen LogP contribution in [0.25, 0.3) is 0 Å². The third kappa shape index (κ3) is 7.25. The number of rotatable bonds is 9. The molecule has 3 aromatic carbocycles. The highest BCUT2D eigenvalue weighted by atomic mass is 35.5. The zero-order valence-electron chi connectivity index (χ0n) is 16.7. The first-order valence-electron chi connectivity index (χ1n) is 9.51. The number of nitrogens with zero attached hydrogens (tertiary/aromatic N) is 1. The Hall–Kier alpha value is -2.76. The van der Waals surface area contributed by atoms with Gasteiger partial charge in [-0.25, -0.2) is 5.43 Å². The molecule has 0 radical (unpaired) electrons. The van der Waals surface area contributed by atoms with E-state index in [9.17, 15) is 4.79 Å². The van der Waals surface area contributed by atoms with Crippen molar-refractivity contribution in [1.29, 1.82) is 0 Å². The maximum absolute atomic E-state index is 11.9. The van der Waals surface area contributed by atoms with Crippen LogP contribution in [0.1, 0.15) is 22.3 Å². The van der Waals surface area contributed by atoms with E-state index >= 15 is 0 Å². The molecule has 0 fully saturated rings. The predicted octanol–water partition coefficient (Wildman–Crippen LogP) is 5.61. The minimum Gasteiger partial charge on any atom is -0.489 e. The average Bonchev–Trinajstić information content (AvgIpc) is 2.75. The molecular formula is C24H23ClN2O2S. The fourth-order valence-corrected chi connectivity index (χ4v) is 3.79. The summed E-state index contributed by atoms with van der Waals surface area (Å²) in [6.45, 7) is 2.53. The molecule has 30 heavy (non-hydrogen) atoms. The first-order chi connectivity index (χ1) is 14.6. The van der Waals surface area contributed by atoms with Gasteiger partial charge in [-0.2, -0.15) is 5.10 Å². The second-order valence-corrected chi connectivity index (χ2v) is 8.12. The van der Waals surface area contributed by atoms with E-state index in [0.29, 0.717) is 17.4 Å². The fourth-order valence-electron chi connectivity index (χ4n) is 2.68. The summed E-state index contributed by atoms with van der Waals surface area (Å²) in [6.07, 6.45) is 1.62. The van der Waals surface area contributed by atoms with Crippen molar-refractivity contribution in [3.05, 3.63) is 100 Å². The number of hydrazone groups is 1. The molecule has 1 N–H and O–H groups in total. The summed E-state index contributed by atoms with van der Waals surface area (Å²) in [5.74, 6) is 1.80. The van der Waals surface area contributed by atoms with Crippen LogP contribution in [-0.2, 0) is 17.2 Å².